The van der Waals surface area contributed by atoms with Crippen LogP contribution in [-0.4, -0.2) is 14.5 Å². The molecule has 2 aromatic heterocycles. The zero-order chi connectivity index (χ0) is 36.3. The lowest BCUT2D eigenvalue weighted by atomic mass is 9.89. The summed E-state index contributed by atoms with van der Waals surface area (Å²) in [7, 11) is 0. The van der Waals surface area contributed by atoms with Crippen LogP contribution in [0.1, 0.15) is 24.0 Å². The van der Waals surface area contributed by atoms with Crippen molar-refractivity contribution >= 4 is 65.5 Å². The van der Waals surface area contributed by atoms with E-state index in [-0.39, 0.29) is 0 Å². The van der Waals surface area contributed by atoms with E-state index >= 15 is 0 Å². The van der Waals surface area contributed by atoms with Gasteiger partial charge >= 0.3 is 0 Å². The van der Waals surface area contributed by atoms with Crippen LogP contribution in [0.15, 0.2) is 188 Å². The maximum Gasteiger partial charge on any atom is 0.0971 e. The molecule has 2 heterocycles. The summed E-state index contributed by atoms with van der Waals surface area (Å²) in [6, 6.07) is 59.6. The maximum atomic E-state index is 4.80. The normalized spacial score (nSPS) is 13.2. The van der Waals surface area contributed by atoms with Crippen molar-refractivity contribution in [1.82, 2.24) is 14.5 Å². The summed E-state index contributed by atoms with van der Waals surface area (Å²) >= 11 is 0. The first-order valence-corrected chi connectivity index (χ1v) is 19.0. The number of hydrogen-bond donors (Lipinski definition) is 0. The van der Waals surface area contributed by atoms with Gasteiger partial charge in [0.25, 0.3) is 0 Å². The molecular weight excluding hydrogens is 667 g/mol. The Balaban J connectivity index is 0.949. The third-order valence-corrected chi connectivity index (χ3v) is 11.3. The molecule has 0 saturated heterocycles. The molecule has 0 spiro atoms. The lowest BCUT2D eigenvalue weighted by molar-refractivity contribution is 1.06. The first-order chi connectivity index (χ1) is 27.3. The fourth-order valence-corrected chi connectivity index (χ4v) is 8.72. The van der Waals surface area contributed by atoms with Gasteiger partial charge in [-0.05, 0) is 111 Å². The number of rotatable bonds is 5. The van der Waals surface area contributed by atoms with Crippen LogP contribution < -0.4 is 0 Å². The van der Waals surface area contributed by atoms with Crippen molar-refractivity contribution in [3.05, 3.63) is 199 Å². The van der Waals surface area contributed by atoms with E-state index in [0.717, 1.165) is 34.6 Å². The van der Waals surface area contributed by atoms with Gasteiger partial charge in [0.15, 0.2) is 0 Å². The summed E-state index contributed by atoms with van der Waals surface area (Å²) in [5.74, 6) is 0. The van der Waals surface area contributed by atoms with E-state index < -0.39 is 0 Å². The van der Waals surface area contributed by atoms with Gasteiger partial charge in [-0.1, -0.05) is 133 Å². The quantitative estimate of drug-likeness (QED) is 0.167. The van der Waals surface area contributed by atoms with Gasteiger partial charge in [0.05, 0.1) is 22.1 Å². The number of fused-ring (bicyclic) bond motifs is 9. The minimum Gasteiger partial charge on any atom is -0.309 e. The van der Waals surface area contributed by atoms with Gasteiger partial charge in [-0.15, -0.1) is 0 Å². The maximum absolute atomic E-state index is 4.80. The van der Waals surface area contributed by atoms with Gasteiger partial charge in [-0.2, -0.15) is 0 Å². The van der Waals surface area contributed by atoms with Crippen molar-refractivity contribution in [2.45, 2.75) is 12.8 Å². The molecule has 3 nitrogen and oxygen atoms in total. The van der Waals surface area contributed by atoms with Crippen LogP contribution in [-0.2, 0) is 0 Å². The monoisotopic (exact) mass is 701 g/mol. The molecule has 0 aliphatic heterocycles. The molecule has 258 valence electrons. The second-order valence-corrected chi connectivity index (χ2v) is 14.5. The molecule has 0 amide bonds. The van der Waals surface area contributed by atoms with Crippen LogP contribution >= 0.6 is 0 Å². The van der Waals surface area contributed by atoms with E-state index in [1.165, 1.54) is 82.8 Å². The Morgan fingerprint density at radius 2 is 0.982 bits per heavy atom. The van der Waals surface area contributed by atoms with Gasteiger partial charge in [-0.25, -0.2) is 0 Å². The number of aromatic nitrogens is 3. The summed E-state index contributed by atoms with van der Waals surface area (Å²) in [6.45, 7) is 0. The second kappa shape index (κ2) is 12.8. The predicted octanol–water partition coefficient (Wildman–Crippen LogP) is 13.6. The van der Waals surface area contributed by atoms with Crippen LogP contribution in [0.4, 0.5) is 0 Å². The molecular formula is C52H35N3. The lowest BCUT2D eigenvalue weighted by Crippen LogP contribution is -1.96. The highest BCUT2D eigenvalue weighted by Crippen LogP contribution is 2.39. The molecule has 10 aromatic rings. The minimum atomic E-state index is 0.939. The summed E-state index contributed by atoms with van der Waals surface area (Å²) in [5.41, 5.74) is 15.5. The average molecular weight is 702 g/mol. The van der Waals surface area contributed by atoms with E-state index in [1.807, 2.05) is 0 Å². The molecule has 8 aromatic carbocycles. The number of allylic oxidation sites excluding steroid dienone is 4. The molecule has 11 rings (SSSR count). The second-order valence-electron chi connectivity index (χ2n) is 14.5. The summed E-state index contributed by atoms with van der Waals surface area (Å²) in [5, 5.41) is 7.21. The molecule has 1 aliphatic rings. The Bertz CT molecular complexity index is 3170. The molecule has 1 aliphatic carbocycles. The van der Waals surface area contributed by atoms with E-state index in [0.29, 0.717) is 0 Å². The summed E-state index contributed by atoms with van der Waals surface area (Å²) in [4.78, 5) is 9.55. The minimum absolute atomic E-state index is 0.939. The third-order valence-electron chi connectivity index (χ3n) is 11.3. The fourth-order valence-electron chi connectivity index (χ4n) is 8.72. The highest BCUT2D eigenvalue weighted by atomic mass is 15.0. The predicted molar refractivity (Wildman–Crippen MR) is 231 cm³/mol. The Morgan fingerprint density at radius 3 is 1.78 bits per heavy atom. The van der Waals surface area contributed by atoms with Crippen LogP contribution in [0.25, 0.3) is 93.5 Å². The van der Waals surface area contributed by atoms with Crippen LogP contribution in [0.3, 0.4) is 0 Å². The number of hydrogen-bond acceptors (Lipinski definition) is 2. The van der Waals surface area contributed by atoms with Gasteiger partial charge < -0.3 is 4.57 Å². The van der Waals surface area contributed by atoms with Crippen LogP contribution in [0.5, 0.6) is 0 Å². The summed E-state index contributed by atoms with van der Waals surface area (Å²) in [6.07, 6.45) is 10.4. The SMILES string of the molecule is C1=C(c2ccc3c4ccccc4n(-c4ccccc4)c3c2)C=C(c2cccc(-c3cccc(-c4ccc5c6ccccc6c6nccnc6c5c4)c3)c2)CC1. The molecule has 0 radical (unpaired) electrons. The van der Waals surface area contributed by atoms with E-state index in [2.05, 4.69) is 181 Å². The van der Waals surface area contributed by atoms with Crippen LogP contribution in [0.2, 0.25) is 0 Å². The number of para-hydroxylation sites is 2. The lowest BCUT2D eigenvalue weighted by Gasteiger charge is -2.16. The van der Waals surface area contributed by atoms with Gasteiger partial charge in [-0.3, -0.25) is 9.97 Å². The molecule has 0 atom stereocenters. The molecule has 0 N–H and O–H groups in total. The molecule has 0 bridgehead atoms. The van der Waals surface area contributed by atoms with Crippen molar-refractivity contribution in [2.75, 3.05) is 0 Å². The first-order valence-electron chi connectivity index (χ1n) is 19.0. The Labute approximate surface area is 319 Å². The first kappa shape index (κ1) is 31.4. The van der Waals surface area contributed by atoms with Gasteiger partial charge in [0.1, 0.15) is 0 Å². The number of benzene rings is 8. The van der Waals surface area contributed by atoms with E-state index in [9.17, 15) is 0 Å². The topological polar surface area (TPSA) is 30.7 Å². The van der Waals surface area contributed by atoms with Crippen molar-refractivity contribution in [2.24, 2.45) is 0 Å². The number of nitrogens with zero attached hydrogens (tertiary/aromatic N) is 3. The highest BCUT2D eigenvalue weighted by Gasteiger charge is 2.16. The fraction of sp³-hybridized carbons (Fsp3) is 0.0385. The Kier molecular flexibility index (Phi) is 7.31. The van der Waals surface area contributed by atoms with Crippen molar-refractivity contribution in [3.8, 4) is 27.9 Å². The standard InChI is InChI=1S/C52H35N3/c1-2-17-42(18-3-1)55-49-22-7-6-20-45(49)46-26-24-41(33-50(46)55)39-16-10-14-37(31-39)35-12-8-11-34(29-35)36-13-9-15-38(30-36)40-23-25-44-43-19-4-5-21-47(43)51-52(48(44)32-40)54-28-27-53-51/h1-9,11-13,15-33H,10,14H2. The Morgan fingerprint density at radius 1 is 0.400 bits per heavy atom. The molecule has 0 fully saturated rings. The van der Waals surface area contributed by atoms with E-state index in [4.69, 9.17) is 9.97 Å². The highest BCUT2D eigenvalue weighted by molar-refractivity contribution is 6.23. The zero-order valence-electron chi connectivity index (χ0n) is 30.2. The smallest absolute Gasteiger partial charge is 0.0971 e. The van der Waals surface area contributed by atoms with Crippen molar-refractivity contribution < 1.29 is 0 Å². The van der Waals surface area contributed by atoms with Crippen molar-refractivity contribution in [3.63, 3.8) is 0 Å². The van der Waals surface area contributed by atoms with Crippen LogP contribution in [0, 0.1) is 0 Å². The molecule has 55 heavy (non-hydrogen) atoms. The largest absolute Gasteiger partial charge is 0.309 e. The molecule has 0 unspecified atom stereocenters. The molecule has 3 heteroatoms. The Hall–Kier alpha value is -7.10. The van der Waals surface area contributed by atoms with Crippen molar-refractivity contribution in [1.29, 1.82) is 0 Å². The zero-order valence-corrected chi connectivity index (χ0v) is 30.2. The van der Waals surface area contributed by atoms with Gasteiger partial charge in [0.2, 0.25) is 0 Å². The third kappa shape index (κ3) is 5.27. The average Bonchev–Trinajstić information content (AvgIpc) is 3.60. The van der Waals surface area contributed by atoms with E-state index in [1.54, 1.807) is 12.4 Å². The van der Waals surface area contributed by atoms with Gasteiger partial charge in [0, 0.05) is 39.6 Å². The molecule has 0 saturated carbocycles. The summed E-state index contributed by atoms with van der Waals surface area (Å²) < 4.78 is 2.40.